The zero-order valence-electron chi connectivity index (χ0n) is 22.4. The molecule has 0 aliphatic carbocycles. The minimum Gasteiger partial charge on any atom is -0.463 e. The van der Waals surface area contributed by atoms with Gasteiger partial charge in [0, 0.05) is 27.7 Å². The van der Waals surface area contributed by atoms with Crippen LogP contribution >= 0.6 is 11.8 Å². The molecule has 1 aromatic carbocycles. The number of para-hydroxylation sites is 1. The topological polar surface area (TPSA) is 147 Å². The molecule has 39 heavy (non-hydrogen) atoms. The van der Waals surface area contributed by atoms with Crippen molar-refractivity contribution in [1.29, 1.82) is 0 Å². The number of ether oxygens (including phenoxy) is 5. The van der Waals surface area contributed by atoms with Crippen molar-refractivity contribution >= 4 is 52.4 Å². The van der Waals surface area contributed by atoms with Crippen LogP contribution in [0.2, 0.25) is 0 Å². The molecule has 1 amide bonds. The van der Waals surface area contributed by atoms with Gasteiger partial charge >= 0.3 is 23.9 Å². The maximum Gasteiger partial charge on any atom is 0.303 e. The van der Waals surface area contributed by atoms with Gasteiger partial charge in [0.2, 0.25) is 0 Å². The first kappa shape index (κ1) is 29.8. The van der Waals surface area contributed by atoms with Gasteiger partial charge in [-0.1, -0.05) is 30.0 Å². The van der Waals surface area contributed by atoms with Crippen molar-refractivity contribution in [3.63, 3.8) is 0 Å². The number of benzene rings is 1. The highest BCUT2D eigenvalue weighted by atomic mass is 32.2. The first-order valence-corrected chi connectivity index (χ1v) is 12.9. The molecule has 2 heterocycles. The van der Waals surface area contributed by atoms with Gasteiger partial charge in [0.1, 0.15) is 18.4 Å². The number of rotatable bonds is 7. The maximum atomic E-state index is 13.3. The number of allylic oxidation sites excluding steroid dienone is 1. The average Bonchev–Trinajstić information content (AvgIpc) is 3.17. The van der Waals surface area contributed by atoms with Gasteiger partial charge in [0.15, 0.2) is 28.9 Å². The molecule has 2 aliphatic heterocycles. The van der Waals surface area contributed by atoms with Crippen LogP contribution in [0.3, 0.4) is 0 Å². The van der Waals surface area contributed by atoms with Crippen LogP contribution in [-0.4, -0.2) is 71.4 Å². The predicted molar refractivity (Wildman–Crippen MR) is 139 cm³/mol. The lowest BCUT2D eigenvalue weighted by atomic mass is 9.99. The summed E-state index contributed by atoms with van der Waals surface area (Å²) in [5, 5.41) is 0.211. The fraction of sp³-hybridized carbons (Fsp3) is 0.462. The Morgan fingerprint density at radius 2 is 1.41 bits per heavy atom. The molecule has 0 saturated carbocycles. The molecule has 0 spiro atoms. The molecule has 2 aliphatic rings. The van der Waals surface area contributed by atoms with Crippen LogP contribution in [-0.2, 0) is 47.7 Å². The van der Waals surface area contributed by atoms with Crippen LogP contribution in [0.4, 0.5) is 5.69 Å². The smallest absolute Gasteiger partial charge is 0.303 e. The molecule has 1 aromatic rings. The number of thioether (sulfide) groups is 1. The Morgan fingerprint density at radius 1 is 0.846 bits per heavy atom. The van der Waals surface area contributed by atoms with Crippen molar-refractivity contribution in [1.82, 2.24) is 0 Å². The third-order valence-electron chi connectivity index (χ3n) is 5.46. The summed E-state index contributed by atoms with van der Waals surface area (Å²) in [4.78, 5) is 66.9. The van der Waals surface area contributed by atoms with Gasteiger partial charge in [-0.05, 0) is 31.6 Å². The third kappa shape index (κ3) is 7.45. The van der Waals surface area contributed by atoms with Crippen molar-refractivity contribution in [2.75, 3.05) is 11.5 Å². The number of hydrogen-bond acceptors (Lipinski definition) is 12. The lowest BCUT2D eigenvalue weighted by Gasteiger charge is -2.44. The van der Waals surface area contributed by atoms with Crippen LogP contribution in [0.15, 0.2) is 46.6 Å². The number of amidine groups is 1. The third-order valence-corrected chi connectivity index (χ3v) is 6.56. The SMILES string of the molecule is CC(=O)OCC1O[C@@H](SC2=NC(=C(C)C)C(=O)N2c2ccccc2)C(OC(C)=O)C(OC(C)=O)C1OC(C)=O. The summed E-state index contributed by atoms with van der Waals surface area (Å²) in [5.41, 5.74) is 0.320. The van der Waals surface area contributed by atoms with E-state index in [0.29, 0.717) is 11.3 Å². The Hall–Kier alpha value is -3.71. The van der Waals surface area contributed by atoms with E-state index in [0.717, 1.165) is 32.5 Å². The van der Waals surface area contributed by atoms with E-state index in [1.165, 1.54) is 11.8 Å². The molecular formula is C26H30N2O10S. The lowest BCUT2D eigenvalue weighted by molar-refractivity contribution is -0.237. The summed E-state index contributed by atoms with van der Waals surface area (Å²) in [5.74, 6) is -3.17. The van der Waals surface area contributed by atoms with Crippen LogP contribution in [0.25, 0.3) is 0 Å². The van der Waals surface area contributed by atoms with E-state index in [4.69, 9.17) is 23.7 Å². The molecule has 0 aromatic heterocycles. The van der Waals surface area contributed by atoms with E-state index >= 15 is 0 Å². The fourth-order valence-electron chi connectivity index (χ4n) is 3.98. The number of anilines is 1. The van der Waals surface area contributed by atoms with Gasteiger partial charge in [-0.15, -0.1) is 0 Å². The molecule has 13 heteroatoms. The average molecular weight is 563 g/mol. The minimum absolute atomic E-state index is 0.211. The number of carbonyl (C=O) groups excluding carboxylic acids is 5. The Balaban J connectivity index is 2.08. The van der Waals surface area contributed by atoms with E-state index in [2.05, 4.69) is 4.99 Å². The summed E-state index contributed by atoms with van der Waals surface area (Å²) in [6.07, 6.45) is -5.01. The zero-order chi connectivity index (χ0) is 28.9. The van der Waals surface area contributed by atoms with Crippen LogP contribution < -0.4 is 4.90 Å². The van der Waals surface area contributed by atoms with Crippen molar-refractivity contribution < 1.29 is 47.7 Å². The number of aliphatic imine (C=N–C) groups is 1. The summed E-state index contributed by atoms with van der Waals surface area (Å²) in [6, 6.07) is 8.79. The molecule has 0 radical (unpaired) electrons. The van der Waals surface area contributed by atoms with Crippen molar-refractivity contribution in [3.05, 3.63) is 41.6 Å². The summed E-state index contributed by atoms with van der Waals surface area (Å²) >= 11 is 0.945. The second-order valence-electron chi connectivity index (χ2n) is 8.90. The fourth-order valence-corrected chi connectivity index (χ4v) is 5.17. The number of carbonyl (C=O) groups is 5. The summed E-state index contributed by atoms with van der Waals surface area (Å²) < 4.78 is 27.7. The Bertz CT molecular complexity index is 1190. The van der Waals surface area contributed by atoms with E-state index in [-0.39, 0.29) is 23.4 Å². The van der Waals surface area contributed by atoms with E-state index < -0.39 is 53.7 Å². The first-order valence-electron chi connectivity index (χ1n) is 12.0. The summed E-state index contributed by atoms with van der Waals surface area (Å²) in [6.45, 7) is 7.79. The van der Waals surface area contributed by atoms with Gasteiger partial charge in [-0.2, -0.15) is 0 Å². The number of amides is 1. The Labute approximate surface area is 229 Å². The van der Waals surface area contributed by atoms with Gasteiger partial charge in [-0.25, -0.2) is 4.99 Å². The van der Waals surface area contributed by atoms with Crippen LogP contribution in [0, 0.1) is 0 Å². The van der Waals surface area contributed by atoms with Gasteiger partial charge in [0.05, 0.1) is 5.69 Å². The first-order chi connectivity index (χ1) is 18.4. The van der Waals surface area contributed by atoms with Crippen LogP contribution in [0.5, 0.6) is 0 Å². The Kier molecular flexibility index (Phi) is 9.86. The molecule has 0 N–H and O–H groups in total. The van der Waals surface area contributed by atoms with Gasteiger partial charge in [-0.3, -0.25) is 28.9 Å². The molecule has 1 fully saturated rings. The number of hydrogen-bond donors (Lipinski definition) is 0. The minimum atomic E-state index is -1.33. The molecule has 0 bridgehead atoms. The number of esters is 4. The molecule has 3 rings (SSSR count). The second kappa shape index (κ2) is 12.9. The highest BCUT2D eigenvalue weighted by Gasteiger charge is 2.53. The monoisotopic (exact) mass is 562 g/mol. The standard InChI is InChI=1S/C26H30N2O10S/c1-13(2)20-24(33)28(18-10-8-7-9-11-18)26(27-20)39-25-23(37-17(6)32)22(36-16(5)31)21(35-15(4)30)19(38-25)12-34-14(3)29/h7-11,19,21-23,25H,12H2,1-6H3/t19?,21?,22?,23?,25-/m0/s1. The normalized spacial score (nSPS) is 24.5. The molecule has 12 nitrogen and oxygen atoms in total. The largest absolute Gasteiger partial charge is 0.463 e. The van der Waals surface area contributed by atoms with Gasteiger partial charge in [0.25, 0.3) is 5.91 Å². The van der Waals surface area contributed by atoms with Gasteiger partial charge < -0.3 is 23.7 Å². The van der Waals surface area contributed by atoms with Crippen LogP contribution in [0.1, 0.15) is 41.5 Å². The van der Waals surface area contributed by atoms with E-state index in [1.807, 2.05) is 0 Å². The molecule has 1 saturated heterocycles. The van der Waals surface area contributed by atoms with Crippen molar-refractivity contribution in [2.24, 2.45) is 4.99 Å². The zero-order valence-corrected chi connectivity index (χ0v) is 23.2. The van der Waals surface area contributed by atoms with Crippen molar-refractivity contribution in [3.8, 4) is 0 Å². The molecule has 4 unspecified atom stereocenters. The quantitative estimate of drug-likeness (QED) is 0.274. The second-order valence-corrected chi connectivity index (χ2v) is 9.97. The lowest BCUT2D eigenvalue weighted by Crippen LogP contribution is -2.61. The summed E-state index contributed by atoms with van der Waals surface area (Å²) in [7, 11) is 0. The highest BCUT2D eigenvalue weighted by Crippen LogP contribution is 2.38. The van der Waals surface area contributed by atoms with E-state index in [1.54, 1.807) is 44.2 Å². The highest BCUT2D eigenvalue weighted by molar-refractivity contribution is 8.14. The predicted octanol–water partition coefficient (Wildman–Crippen LogP) is 2.50. The van der Waals surface area contributed by atoms with Crippen molar-refractivity contribution in [2.45, 2.75) is 71.4 Å². The molecular weight excluding hydrogens is 532 g/mol. The molecule has 210 valence electrons. The number of nitrogens with zero attached hydrogens (tertiary/aromatic N) is 2. The van der Waals surface area contributed by atoms with E-state index in [9.17, 15) is 24.0 Å². The molecule has 5 atom stereocenters. The Morgan fingerprint density at radius 3 is 1.95 bits per heavy atom. The maximum absolute atomic E-state index is 13.3.